The summed E-state index contributed by atoms with van der Waals surface area (Å²) in [6, 6.07) is 14.0. The molecule has 2 aromatic carbocycles. The van der Waals surface area contributed by atoms with Gasteiger partial charge < -0.3 is 19.3 Å². The predicted molar refractivity (Wildman–Crippen MR) is 74.2 cm³/mol. The van der Waals surface area contributed by atoms with E-state index < -0.39 is 0 Å². The predicted octanol–water partition coefficient (Wildman–Crippen LogP) is 3.10. The standard InChI is InChI=1S/C8H10O2.C7H8O2/c1-9-7-4-3-5-8(6-7)10-2;1-9-7-4-2-6(8)3-5-7/h3-6H,1-2H3;2-5,8H,1H3. The lowest BCUT2D eigenvalue weighted by atomic mass is 10.3. The summed E-state index contributed by atoms with van der Waals surface area (Å²) < 4.78 is 14.8. The van der Waals surface area contributed by atoms with E-state index in [0.717, 1.165) is 17.2 Å². The van der Waals surface area contributed by atoms with Gasteiger partial charge in [-0.2, -0.15) is 0 Å². The SMILES string of the molecule is COc1ccc(O)cc1.COc1cccc(OC)c1. The molecule has 0 aromatic heterocycles. The second-order valence-electron chi connectivity index (χ2n) is 3.58. The van der Waals surface area contributed by atoms with Gasteiger partial charge in [0.2, 0.25) is 0 Å². The van der Waals surface area contributed by atoms with Crippen LogP contribution in [0.15, 0.2) is 48.5 Å². The van der Waals surface area contributed by atoms with E-state index in [2.05, 4.69) is 0 Å². The number of rotatable bonds is 3. The molecule has 0 saturated heterocycles. The maximum atomic E-state index is 8.80. The van der Waals surface area contributed by atoms with Crippen LogP contribution in [-0.2, 0) is 0 Å². The Morgan fingerprint density at radius 2 is 1.16 bits per heavy atom. The van der Waals surface area contributed by atoms with Crippen molar-refractivity contribution < 1.29 is 19.3 Å². The lowest BCUT2D eigenvalue weighted by Crippen LogP contribution is -1.84. The smallest absolute Gasteiger partial charge is 0.122 e. The Hall–Kier alpha value is -2.36. The molecule has 1 N–H and O–H groups in total. The van der Waals surface area contributed by atoms with E-state index in [-0.39, 0.29) is 5.75 Å². The summed E-state index contributed by atoms with van der Waals surface area (Å²) in [7, 11) is 4.86. The number of hydrogen-bond acceptors (Lipinski definition) is 4. The summed E-state index contributed by atoms with van der Waals surface area (Å²) in [4.78, 5) is 0. The summed E-state index contributed by atoms with van der Waals surface area (Å²) in [5, 5.41) is 8.80. The highest BCUT2D eigenvalue weighted by Gasteiger charge is 1.91. The van der Waals surface area contributed by atoms with E-state index in [4.69, 9.17) is 19.3 Å². The second kappa shape index (κ2) is 7.87. The molecule has 0 aliphatic rings. The van der Waals surface area contributed by atoms with Crippen molar-refractivity contribution in [2.75, 3.05) is 21.3 Å². The highest BCUT2D eigenvalue weighted by Crippen LogP contribution is 2.17. The largest absolute Gasteiger partial charge is 0.508 e. The van der Waals surface area contributed by atoms with Gasteiger partial charge in [0.1, 0.15) is 23.0 Å². The third kappa shape index (κ3) is 5.21. The van der Waals surface area contributed by atoms with Crippen LogP contribution in [0.5, 0.6) is 23.0 Å². The number of methoxy groups -OCH3 is 3. The molecule has 0 aliphatic carbocycles. The van der Waals surface area contributed by atoms with Crippen molar-refractivity contribution >= 4 is 0 Å². The number of aromatic hydroxyl groups is 1. The number of ether oxygens (including phenoxy) is 3. The Labute approximate surface area is 113 Å². The Kier molecular flexibility index (Phi) is 6.09. The van der Waals surface area contributed by atoms with Gasteiger partial charge in [-0.1, -0.05) is 6.07 Å². The summed E-state index contributed by atoms with van der Waals surface area (Å²) in [6.07, 6.45) is 0. The molecule has 0 radical (unpaired) electrons. The average Bonchev–Trinajstić information content (AvgIpc) is 2.48. The van der Waals surface area contributed by atoms with Crippen LogP contribution in [0.25, 0.3) is 0 Å². The third-order valence-electron chi connectivity index (χ3n) is 2.35. The van der Waals surface area contributed by atoms with Gasteiger partial charge in [-0.05, 0) is 36.4 Å². The van der Waals surface area contributed by atoms with Gasteiger partial charge in [0.15, 0.2) is 0 Å². The van der Waals surface area contributed by atoms with Crippen molar-refractivity contribution in [3.63, 3.8) is 0 Å². The van der Waals surface area contributed by atoms with Gasteiger partial charge in [-0.3, -0.25) is 0 Å². The minimum Gasteiger partial charge on any atom is -0.508 e. The molecule has 0 bridgehead atoms. The van der Waals surface area contributed by atoms with Crippen molar-refractivity contribution in [2.24, 2.45) is 0 Å². The Bertz CT molecular complexity index is 461. The molecule has 19 heavy (non-hydrogen) atoms. The summed E-state index contributed by atoms with van der Waals surface area (Å²) in [5.41, 5.74) is 0. The average molecular weight is 262 g/mol. The molecule has 0 unspecified atom stereocenters. The van der Waals surface area contributed by atoms with E-state index in [0.29, 0.717) is 0 Å². The maximum absolute atomic E-state index is 8.80. The van der Waals surface area contributed by atoms with Gasteiger partial charge in [0, 0.05) is 6.07 Å². The molecule has 0 aliphatic heterocycles. The van der Waals surface area contributed by atoms with Crippen molar-refractivity contribution in [1.29, 1.82) is 0 Å². The zero-order chi connectivity index (χ0) is 14.1. The van der Waals surface area contributed by atoms with Crippen molar-refractivity contribution in [2.45, 2.75) is 0 Å². The van der Waals surface area contributed by atoms with Crippen molar-refractivity contribution in [1.82, 2.24) is 0 Å². The van der Waals surface area contributed by atoms with E-state index in [9.17, 15) is 0 Å². The van der Waals surface area contributed by atoms with Gasteiger partial charge in [-0.15, -0.1) is 0 Å². The summed E-state index contributed by atoms with van der Waals surface area (Å²) >= 11 is 0. The third-order valence-corrected chi connectivity index (χ3v) is 2.35. The molecule has 0 atom stereocenters. The van der Waals surface area contributed by atoms with Crippen LogP contribution in [0.4, 0.5) is 0 Å². The van der Waals surface area contributed by atoms with Gasteiger partial charge in [-0.25, -0.2) is 0 Å². The van der Waals surface area contributed by atoms with E-state index >= 15 is 0 Å². The van der Waals surface area contributed by atoms with Crippen molar-refractivity contribution in [3.8, 4) is 23.0 Å². The van der Waals surface area contributed by atoms with Crippen molar-refractivity contribution in [3.05, 3.63) is 48.5 Å². The van der Waals surface area contributed by atoms with E-state index in [1.54, 1.807) is 45.6 Å². The molecule has 0 heterocycles. The fraction of sp³-hybridized carbons (Fsp3) is 0.200. The van der Waals surface area contributed by atoms with Gasteiger partial charge >= 0.3 is 0 Å². The molecule has 4 nitrogen and oxygen atoms in total. The fourth-order valence-corrected chi connectivity index (χ4v) is 1.31. The Morgan fingerprint density at radius 1 is 0.684 bits per heavy atom. The number of hydrogen-bond donors (Lipinski definition) is 1. The van der Waals surface area contributed by atoms with E-state index in [1.807, 2.05) is 24.3 Å². The van der Waals surface area contributed by atoms with Crippen LogP contribution < -0.4 is 14.2 Å². The quantitative estimate of drug-likeness (QED) is 0.923. The highest BCUT2D eigenvalue weighted by molar-refractivity contribution is 5.32. The summed E-state index contributed by atoms with van der Waals surface area (Å²) in [5.74, 6) is 2.65. The topological polar surface area (TPSA) is 47.9 Å². The van der Waals surface area contributed by atoms with Crippen LogP contribution in [0.1, 0.15) is 0 Å². The monoisotopic (exact) mass is 262 g/mol. The van der Waals surface area contributed by atoms with Gasteiger partial charge in [0.25, 0.3) is 0 Å². The van der Waals surface area contributed by atoms with Crippen LogP contribution >= 0.6 is 0 Å². The molecule has 2 rings (SSSR count). The van der Waals surface area contributed by atoms with Crippen LogP contribution in [0.3, 0.4) is 0 Å². The van der Waals surface area contributed by atoms with Crippen LogP contribution in [-0.4, -0.2) is 26.4 Å². The minimum absolute atomic E-state index is 0.260. The van der Waals surface area contributed by atoms with Crippen LogP contribution in [0.2, 0.25) is 0 Å². The molecule has 0 spiro atoms. The van der Waals surface area contributed by atoms with Crippen LogP contribution in [0, 0.1) is 0 Å². The minimum atomic E-state index is 0.260. The normalized spacial score (nSPS) is 9.00. The first-order valence-electron chi connectivity index (χ1n) is 5.70. The first kappa shape index (κ1) is 14.7. The Morgan fingerprint density at radius 3 is 1.58 bits per heavy atom. The highest BCUT2D eigenvalue weighted by atomic mass is 16.5. The molecule has 4 heteroatoms. The zero-order valence-corrected chi connectivity index (χ0v) is 11.3. The molecule has 0 amide bonds. The fourth-order valence-electron chi connectivity index (χ4n) is 1.31. The molecule has 0 fully saturated rings. The lowest BCUT2D eigenvalue weighted by molar-refractivity contribution is 0.394. The summed E-state index contributed by atoms with van der Waals surface area (Å²) in [6.45, 7) is 0. The molecular formula is C15H18O4. The molecule has 102 valence electrons. The molecular weight excluding hydrogens is 244 g/mol. The zero-order valence-electron chi connectivity index (χ0n) is 11.3. The van der Waals surface area contributed by atoms with Gasteiger partial charge in [0.05, 0.1) is 21.3 Å². The first-order chi connectivity index (χ1) is 9.19. The number of phenols is 1. The van der Waals surface area contributed by atoms with E-state index in [1.165, 1.54) is 0 Å². The number of benzene rings is 2. The first-order valence-corrected chi connectivity index (χ1v) is 5.70. The lowest BCUT2D eigenvalue weighted by Gasteiger charge is -2.01. The second-order valence-corrected chi connectivity index (χ2v) is 3.58. The number of phenolic OH excluding ortho intramolecular Hbond substituents is 1. The Balaban J connectivity index is 0.000000191. The maximum Gasteiger partial charge on any atom is 0.122 e. The molecule has 2 aromatic rings. The molecule has 0 saturated carbocycles.